The minimum absolute atomic E-state index is 1.18. The second-order valence-electron chi connectivity index (χ2n) is 6.65. The van der Waals surface area contributed by atoms with E-state index >= 15 is 0 Å². The van der Waals surface area contributed by atoms with Gasteiger partial charge in [0.2, 0.25) is 8.32 Å². The van der Waals surface area contributed by atoms with E-state index in [-0.39, 0.29) is 0 Å². The van der Waals surface area contributed by atoms with Crippen LogP contribution in [0.1, 0.15) is 77.6 Å². The predicted octanol–water partition coefficient (Wildman–Crippen LogP) is 6.42. The van der Waals surface area contributed by atoms with Crippen molar-refractivity contribution in [2.24, 2.45) is 0 Å². The fraction of sp³-hybridized carbons (Fsp3) is 0.882. The molecule has 0 fully saturated rings. The second kappa shape index (κ2) is 9.63. The first-order chi connectivity index (χ1) is 9.14. The first kappa shape index (κ1) is 16.8. The highest BCUT2D eigenvalue weighted by atomic mass is 28.4. The van der Waals surface area contributed by atoms with Crippen LogP contribution in [0.3, 0.4) is 0 Å². The molecule has 0 atom stereocenters. The molecule has 112 valence electrons. The van der Waals surface area contributed by atoms with Gasteiger partial charge in [0.25, 0.3) is 0 Å². The molecule has 19 heavy (non-hydrogen) atoms. The maximum absolute atomic E-state index is 6.45. The summed E-state index contributed by atoms with van der Waals surface area (Å²) in [6.45, 7) is 7.04. The summed E-state index contributed by atoms with van der Waals surface area (Å²) in [5, 5.41) is 0. The average Bonchev–Trinajstić information content (AvgIpc) is 2.42. The van der Waals surface area contributed by atoms with Crippen molar-refractivity contribution in [3.63, 3.8) is 0 Å². The predicted molar refractivity (Wildman–Crippen MR) is 87.9 cm³/mol. The monoisotopic (exact) mass is 282 g/mol. The molecule has 1 aliphatic carbocycles. The third kappa shape index (κ3) is 8.51. The lowest BCUT2D eigenvalue weighted by molar-refractivity contribution is 0.382. The molecule has 0 amide bonds. The van der Waals surface area contributed by atoms with Gasteiger partial charge in [0.1, 0.15) is 0 Å². The zero-order valence-corrected chi connectivity index (χ0v) is 14.5. The Balaban J connectivity index is 2.47. The summed E-state index contributed by atoms with van der Waals surface area (Å²) in [4.78, 5) is 0. The standard InChI is InChI=1S/C17H34OSi/c1-4-5-16-19(2,3)18-17-14-12-10-8-6-7-9-11-13-15-17/h14H,4-13,15-16H2,1-3H3/b17-14+. The van der Waals surface area contributed by atoms with E-state index in [4.69, 9.17) is 4.43 Å². The molecule has 0 N–H and O–H groups in total. The third-order valence-electron chi connectivity index (χ3n) is 4.04. The molecule has 1 nitrogen and oxygen atoms in total. The quantitative estimate of drug-likeness (QED) is 0.529. The zero-order valence-electron chi connectivity index (χ0n) is 13.5. The van der Waals surface area contributed by atoms with Crippen molar-refractivity contribution < 1.29 is 4.43 Å². The van der Waals surface area contributed by atoms with E-state index in [9.17, 15) is 0 Å². The summed E-state index contributed by atoms with van der Waals surface area (Å²) in [6.07, 6.45) is 17.2. The maximum Gasteiger partial charge on any atom is 0.244 e. The highest BCUT2D eigenvalue weighted by Crippen LogP contribution is 2.24. The number of rotatable bonds is 5. The molecule has 0 aliphatic heterocycles. The Morgan fingerprint density at radius 3 is 2.32 bits per heavy atom. The minimum atomic E-state index is -1.46. The van der Waals surface area contributed by atoms with Crippen molar-refractivity contribution in [1.82, 2.24) is 0 Å². The van der Waals surface area contributed by atoms with Crippen LogP contribution in [0.2, 0.25) is 19.1 Å². The van der Waals surface area contributed by atoms with Crippen LogP contribution in [0.15, 0.2) is 11.8 Å². The van der Waals surface area contributed by atoms with Crippen LogP contribution in [0, 0.1) is 0 Å². The number of hydrogen-bond acceptors (Lipinski definition) is 1. The van der Waals surface area contributed by atoms with Gasteiger partial charge >= 0.3 is 0 Å². The van der Waals surface area contributed by atoms with Crippen molar-refractivity contribution in [2.45, 2.75) is 96.7 Å². The van der Waals surface area contributed by atoms with Gasteiger partial charge in [-0.25, -0.2) is 0 Å². The van der Waals surface area contributed by atoms with Gasteiger partial charge in [-0.15, -0.1) is 0 Å². The lowest BCUT2D eigenvalue weighted by atomic mass is 10.1. The first-order valence-corrected chi connectivity index (χ1v) is 11.6. The van der Waals surface area contributed by atoms with Gasteiger partial charge in [-0.2, -0.15) is 0 Å². The third-order valence-corrected chi connectivity index (χ3v) is 6.41. The van der Waals surface area contributed by atoms with E-state index in [2.05, 4.69) is 26.1 Å². The highest BCUT2D eigenvalue weighted by molar-refractivity contribution is 6.71. The van der Waals surface area contributed by atoms with Crippen LogP contribution in [-0.2, 0) is 4.43 Å². The van der Waals surface area contributed by atoms with E-state index < -0.39 is 8.32 Å². The van der Waals surface area contributed by atoms with Gasteiger partial charge in [0.05, 0.1) is 5.76 Å². The number of hydrogen-bond donors (Lipinski definition) is 0. The van der Waals surface area contributed by atoms with Crippen molar-refractivity contribution in [1.29, 1.82) is 0 Å². The Hall–Kier alpha value is -0.243. The van der Waals surface area contributed by atoms with E-state index in [1.165, 1.54) is 82.4 Å². The molecule has 0 unspecified atom stereocenters. The molecule has 0 saturated carbocycles. The molecule has 0 aromatic heterocycles. The number of unbranched alkanes of at least 4 members (excludes halogenated alkanes) is 1. The highest BCUT2D eigenvalue weighted by Gasteiger charge is 2.24. The van der Waals surface area contributed by atoms with Gasteiger partial charge in [0, 0.05) is 6.42 Å². The van der Waals surface area contributed by atoms with Crippen molar-refractivity contribution in [3.05, 3.63) is 11.8 Å². The Bertz CT molecular complexity index is 258. The van der Waals surface area contributed by atoms with Gasteiger partial charge in [-0.1, -0.05) is 51.9 Å². The Labute approximate surface area is 122 Å². The summed E-state index contributed by atoms with van der Waals surface area (Å²) >= 11 is 0. The number of allylic oxidation sites excluding steroid dienone is 2. The van der Waals surface area contributed by atoms with Crippen molar-refractivity contribution in [3.8, 4) is 0 Å². The Morgan fingerprint density at radius 2 is 1.63 bits per heavy atom. The zero-order chi connectivity index (χ0) is 14.0. The molecule has 2 heteroatoms. The molecule has 1 aliphatic rings. The maximum atomic E-state index is 6.45. The molecular formula is C17H34OSi. The van der Waals surface area contributed by atoms with E-state index in [1.54, 1.807) is 0 Å². The summed E-state index contributed by atoms with van der Waals surface area (Å²) < 4.78 is 6.45. The first-order valence-electron chi connectivity index (χ1n) is 8.52. The van der Waals surface area contributed by atoms with Gasteiger partial charge in [0.15, 0.2) is 0 Å². The van der Waals surface area contributed by atoms with E-state index in [0.29, 0.717) is 0 Å². The molecule has 0 spiro atoms. The van der Waals surface area contributed by atoms with Crippen LogP contribution in [0.25, 0.3) is 0 Å². The van der Waals surface area contributed by atoms with E-state index in [0.717, 1.165) is 0 Å². The second-order valence-corrected chi connectivity index (χ2v) is 10.9. The fourth-order valence-corrected chi connectivity index (χ4v) is 5.00. The molecule has 0 saturated heterocycles. The van der Waals surface area contributed by atoms with E-state index in [1.807, 2.05) is 0 Å². The van der Waals surface area contributed by atoms with Crippen molar-refractivity contribution in [2.75, 3.05) is 0 Å². The Morgan fingerprint density at radius 1 is 1.00 bits per heavy atom. The fourth-order valence-electron chi connectivity index (χ4n) is 2.79. The molecule has 0 heterocycles. The Kier molecular flexibility index (Phi) is 8.52. The minimum Gasteiger partial charge on any atom is -0.547 e. The van der Waals surface area contributed by atoms with Gasteiger partial charge in [-0.05, 0) is 44.5 Å². The molecule has 0 bridgehead atoms. The topological polar surface area (TPSA) is 9.23 Å². The van der Waals surface area contributed by atoms with Crippen LogP contribution in [0.4, 0.5) is 0 Å². The average molecular weight is 283 g/mol. The smallest absolute Gasteiger partial charge is 0.244 e. The largest absolute Gasteiger partial charge is 0.547 e. The van der Waals surface area contributed by atoms with Gasteiger partial charge < -0.3 is 4.43 Å². The van der Waals surface area contributed by atoms with Crippen molar-refractivity contribution >= 4 is 8.32 Å². The lowest BCUT2D eigenvalue weighted by Gasteiger charge is -2.26. The van der Waals surface area contributed by atoms with Crippen LogP contribution >= 0.6 is 0 Å². The van der Waals surface area contributed by atoms with Crippen LogP contribution in [-0.4, -0.2) is 8.32 Å². The van der Waals surface area contributed by atoms with Crippen LogP contribution in [0.5, 0.6) is 0 Å². The van der Waals surface area contributed by atoms with Crippen LogP contribution < -0.4 is 0 Å². The molecule has 0 aromatic rings. The summed E-state index contributed by atoms with van der Waals surface area (Å²) in [5.74, 6) is 1.33. The summed E-state index contributed by atoms with van der Waals surface area (Å²) in [7, 11) is -1.46. The molecule has 1 rings (SSSR count). The summed E-state index contributed by atoms with van der Waals surface area (Å²) in [6, 6.07) is 1.31. The summed E-state index contributed by atoms with van der Waals surface area (Å²) in [5.41, 5.74) is 0. The van der Waals surface area contributed by atoms with Gasteiger partial charge in [-0.3, -0.25) is 0 Å². The molecular weight excluding hydrogens is 248 g/mol. The SMILES string of the molecule is CCCC[Si](C)(C)O/C1=C/CCCCCCCCC1. The molecule has 0 aromatic carbocycles. The normalized spacial score (nSPS) is 22.2. The molecule has 0 radical (unpaired) electrons. The lowest BCUT2D eigenvalue weighted by Crippen LogP contribution is -2.29.